The van der Waals surface area contributed by atoms with Crippen LogP contribution in [0.25, 0.3) is 0 Å². The van der Waals surface area contributed by atoms with Crippen LogP contribution in [0.15, 0.2) is 35.4 Å². The van der Waals surface area contributed by atoms with Gasteiger partial charge in [0.15, 0.2) is 12.2 Å². The van der Waals surface area contributed by atoms with Crippen LogP contribution < -0.4 is 5.43 Å². The fourth-order valence-corrected chi connectivity index (χ4v) is 1.72. The standard InChI is InChI=1S/C12H16N2O5/c15-6-8-9(16)10(17)11(18)12(19-8)14-13-7-4-2-1-3-5-7/h1-5,8-11,13,15-18H,6H2/b14-12+/t8-,9-,10+,11-/m1/s1. The van der Waals surface area contributed by atoms with Crippen LogP contribution in [-0.4, -0.2) is 57.3 Å². The Morgan fingerprint density at radius 2 is 1.79 bits per heavy atom. The van der Waals surface area contributed by atoms with Crippen molar-refractivity contribution in [2.75, 3.05) is 12.0 Å². The normalized spacial score (nSPS) is 32.9. The van der Waals surface area contributed by atoms with E-state index in [2.05, 4.69) is 10.5 Å². The molecule has 4 atom stereocenters. The molecular weight excluding hydrogens is 252 g/mol. The minimum Gasteiger partial charge on any atom is -0.469 e. The molecule has 0 bridgehead atoms. The smallest absolute Gasteiger partial charge is 0.238 e. The fourth-order valence-electron chi connectivity index (χ4n) is 1.72. The number of nitrogens with zero attached hydrogens (tertiary/aromatic N) is 1. The molecular formula is C12H16N2O5. The van der Waals surface area contributed by atoms with Gasteiger partial charge < -0.3 is 25.2 Å². The summed E-state index contributed by atoms with van der Waals surface area (Å²) in [5.41, 5.74) is 3.33. The van der Waals surface area contributed by atoms with Crippen LogP contribution in [0.2, 0.25) is 0 Å². The van der Waals surface area contributed by atoms with E-state index in [0.29, 0.717) is 5.69 Å². The van der Waals surface area contributed by atoms with E-state index in [1.54, 1.807) is 24.3 Å². The maximum Gasteiger partial charge on any atom is 0.238 e. The van der Waals surface area contributed by atoms with Gasteiger partial charge in [-0.2, -0.15) is 0 Å². The van der Waals surface area contributed by atoms with Gasteiger partial charge in [-0.05, 0) is 12.1 Å². The summed E-state index contributed by atoms with van der Waals surface area (Å²) in [7, 11) is 0. The van der Waals surface area contributed by atoms with E-state index in [0.717, 1.165) is 0 Å². The van der Waals surface area contributed by atoms with Crippen molar-refractivity contribution in [2.45, 2.75) is 24.4 Å². The molecule has 19 heavy (non-hydrogen) atoms. The molecule has 0 amide bonds. The molecule has 7 nitrogen and oxygen atoms in total. The Bertz CT molecular complexity index is 437. The van der Waals surface area contributed by atoms with Crippen LogP contribution in [0.3, 0.4) is 0 Å². The van der Waals surface area contributed by atoms with Crippen molar-refractivity contribution in [1.29, 1.82) is 0 Å². The van der Waals surface area contributed by atoms with Crippen molar-refractivity contribution in [3.8, 4) is 0 Å². The molecule has 1 fully saturated rings. The molecule has 5 N–H and O–H groups in total. The first-order chi connectivity index (χ1) is 9.13. The zero-order chi connectivity index (χ0) is 13.8. The number of ether oxygens (including phenoxy) is 1. The van der Waals surface area contributed by atoms with Gasteiger partial charge in [0.05, 0.1) is 12.3 Å². The quantitative estimate of drug-likeness (QED) is 0.444. The number of benzene rings is 1. The van der Waals surface area contributed by atoms with Crippen molar-refractivity contribution >= 4 is 11.6 Å². The SMILES string of the molecule is OC[C@H]1O/C(=N/Nc2ccccc2)[C@H](O)[C@@H](O)[C@@H]1O. The number of hydrogen-bond donors (Lipinski definition) is 5. The highest BCUT2D eigenvalue weighted by Gasteiger charge is 2.42. The van der Waals surface area contributed by atoms with Crippen LogP contribution in [-0.2, 0) is 4.74 Å². The molecule has 1 heterocycles. The highest BCUT2D eigenvalue weighted by atomic mass is 16.5. The number of nitrogens with one attached hydrogen (secondary N) is 1. The lowest BCUT2D eigenvalue weighted by Crippen LogP contribution is -2.56. The maximum absolute atomic E-state index is 9.71. The van der Waals surface area contributed by atoms with Crippen molar-refractivity contribution in [3.05, 3.63) is 30.3 Å². The third-order valence-corrected chi connectivity index (χ3v) is 2.83. The third kappa shape index (κ3) is 3.02. The lowest BCUT2D eigenvalue weighted by atomic mass is 10.00. The number of aliphatic hydroxyl groups excluding tert-OH is 4. The molecule has 2 rings (SSSR count). The first-order valence-corrected chi connectivity index (χ1v) is 5.84. The number of rotatable bonds is 3. The topological polar surface area (TPSA) is 115 Å². The summed E-state index contributed by atoms with van der Waals surface area (Å²) in [6.45, 7) is -0.491. The highest BCUT2D eigenvalue weighted by molar-refractivity contribution is 5.83. The Hall–Kier alpha value is -1.67. The van der Waals surface area contributed by atoms with Crippen LogP contribution in [0.4, 0.5) is 5.69 Å². The Kier molecular flexibility index (Phi) is 4.33. The zero-order valence-electron chi connectivity index (χ0n) is 10.0. The monoisotopic (exact) mass is 268 g/mol. The second-order valence-corrected chi connectivity index (χ2v) is 4.19. The summed E-state index contributed by atoms with van der Waals surface area (Å²) in [6.07, 6.45) is -5.29. The van der Waals surface area contributed by atoms with Crippen molar-refractivity contribution in [1.82, 2.24) is 0 Å². The van der Waals surface area contributed by atoms with E-state index in [-0.39, 0.29) is 5.90 Å². The molecule has 0 spiro atoms. The molecule has 0 unspecified atom stereocenters. The minimum absolute atomic E-state index is 0.180. The van der Waals surface area contributed by atoms with Gasteiger partial charge in [-0.15, -0.1) is 5.10 Å². The van der Waals surface area contributed by atoms with Gasteiger partial charge in [-0.1, -0.05) is 18.2 Å². The predicted octanol–water partition coefficient (Wildman–Crippen LogP) is -1.11. The van der Waals surface area contributed by atoms with E-state index in [9.17, 15) is 15.3 Å². The van der Waals surface area contributed by atoms with E-state index in [4.69, 9.17) is 9.84 Å². The van der Waals surface area contributed by atoms with Crippen molar-refractivity contribution in [3.63, 3.8) is 0 Å². The van der Waals surface area contributed by atoms with Gasteiger partial charge in [0.25, 0.3) is 0 Å². The van der Waals surface area contributed by atoms with Gasteiger partial charge in [0, 0.05) is 0 Å². The summed E-state index contributed by atoms with van der Waals surface area (Å²) < 4.78 is 5.13. The van der Waals surface area contributed by atoms with Crippen molar-refractivity contribution in [2.24, 2.45) is 5.10 Å². The minimum atomic E-state index is -1.46. The van der Waals surface area contributed by atoms with Gasteiger partial charge in [0.1, 0.15) is 12.2 Å². The molecule has 0 aliphatic carbocycles. The lowest BCUT2D eigenvalue weighted by molar-refractivity contribution is -0.128. The van der Waals surface area contributed by atoms with Crippen LogP contribution in [0, 0.1) is 0 Å². The Labute approximate surface area is 109 Å². The molecule has 0 aromatic heterocycles. The summed E-state index contributed by atoms with van der Waals surface area (Å²) in [5.74, 6) is -0.180. The Balaban J connectivity index is 2.10. The average molecular weight is 268 g/mol. The number of para-hydroxylation sites is 1. The maximum atomic E-state index is 9.71. The molecule has 0 radical (unpaired) electrons. The van der Waals surface area contributed by atoms with Crippen LogP contribution in [0.1, 0.15) is 0 Å². The molecule has 1 aromatic rings. The highest BCUT2D eigenvalue weighted by Crippen LogP contribution is 2.18. The molecule has 104 valence electrons. The van der Waals surface area contributed by atoms with Gasteiger partial charge in [-0.25, -0.2) is 0 Å². The Morgan fingerprint density at radius 1 is 1.11 bits per heavy atom. The van der Waals surface area contributed by atoms with Crippen LogP contribution in [0.5, 0.6) is 0 Å². The van der Waals surface area contributed by atoms with Gasteiger partial charge >= 0.3 is 0 Å². The molecule has 1 aromatic carbocycles. The Morgan fingerprint density at radius 3 is 2.42 bits per heavy atom. The average Bonchev–Trinajstić information content (AvgIpc) is 2.45. The first-order valence-electron chi connectivity index (χ1n) is 5.84. The van der Waals surface area contributed by atoms with E-state index in [1.165, 1.54) is 0 Å². The number of aliphatic hydroxyl groups is 4. The van der Waals surface area contributed by atoms with Gasteiger partial charge in [0.2, 0.25) is 5.90 Å². The predicted molar refractivity (Wildman–Crippen MR) is 67.5 cm³/mol. The number of hydrogen-bond acceptors (Lipinski definition) is 7. The third-order valence-electron chi connectivity index (χ3n) is 2.83. The zero-order valence-corrected chi connectivity index (χ0v) is 10.0. The molecule has 1 saturated heterocycles. The lowest BCUT2D eigenvalue weighted by Gasteiger charge is -2.35. The van der Waals surface area contributed by atoms with Gasteiger partial charge in [-0.3, -0.25) is 5.43 Å². The number of anilines is 1. The van der Waals surface area contributed by atoms with Crippen molar-refractivity contribution < 1.29 is 25.2 Å². The summed E-state index contributed by atoms with van der Waals surface area (Å²) >= 11 is 0. The summed E-state index contributed by atoms with van der Waals surface area (Å²) in [6, 6.07) is 8.96. The second-order valence-electron chi connectivity index (χ2n) is 4.19. The largest absolute Gasteiger partial charge is 0.469 e. The molecule has 1 aliphatic heterocycles. The van der Waals surface area contributed by atoms with Crippen LogP contribution >= 0.6 is 0 Å². The first kappa shape index (κ1) is 13.8. The summed E-state index contributed by atoms with van der Waals surface area (Å²) in [4.78, 5) is 0. The fraction of sp³-hybridized carbons (Fsp3) is 0.417. The summed E-state index contributed by atoms with van der Waals surface area (Å²) in [5, 5.41) is 41.7. The molecule has 1 aliphatic rings. The van der Waals surface area contributed by atoms with E-state index < -0.39 is 31.0 Å². The number of hydrazone groups is 1. The van der Waals surface area contributed by atoms with E-state index in [1.807, 2.05) is 6.07 Å². The second kappa shape index (κ2) is 5.98. The molecule has 0 saturated carbocycles. The van der Waals surface area contributed by atoms with E-state index >= 15 is 0 Å². The molecule has 7 heteroatoms.